The van der Waals surface area contributed by atoms with Gasteiger partial charge in [0.1, 0.15) is 12.2 Å². The van der Waals surface area contributed by atoms with Crippen LogP contribution in [0.25, 0.3) is 0 Å². The van der Waals surface area contributed by atoms with Gasteiger partial charge in [-0.2, -0.15) is 0 Å². The van der Waals surface area contributed by atoms with Gasteiger partial charge in [0.25, 0.3) is 5.91 Å². The van der Waals surface area contributed by atoms with E-state index >= 15 is 4.79 Å². The predicted molar refractivity (Wildman–Crippen MR) is 221 cm³/mol. The molecule has 1 aliphatic heterocycles. The highest BCUT2D eigenvalue weighted by atomic mass is 16.6. The van der Waals surface area contributed by atoms with Crippen molar-refractivity contribution >= 4 is 35.4 Å². The van der Waals surface area contributed by atoms with Crippen molar-refractivity contribution in [2.45, 2.75) is 109 Å². The Balaban J connectivity index is 1.39. The lowest BCUT2D eigenvalue weighted by atomic mass is 9.42. The van der Waals surface area contributed by atoms with Crippen molar-refractivity contribution in [3.63, 3.8) is 0 Å². The van der Waals surface area contributed by atoms with E-state index in [-0.39, 0.29) is 29.7 Å². The van der Waals surface area contributed by atoms with Crippen LogP contribution in [-0.2, 0) is 38.1 Å². The predicted octanol–water partition coefficient (Wildman–Crippen LogP) is 4.40. The number of ketones is 2. The number of amides is 1. The number of aliphatic hydroxyl groups excluding tert-OH is 2. The summed E-state index contributed by atoms with van der Waals surface area (Å²) >= 11 is 0. The molecule has 11 atom stereocenters. The molecule has 2 bridgehead atoms. The van der Waals surface area contributed by atoms with E-state index in [1.165, 1.54) is 13.8 Å². The third kappa shape index (κ3) is 7.36. The maximum Gasteiger partial charge on any atom is 0.338 e. The molecule has 3 aromatic rings. The summed E-state index contributed by atoms with van der Waals surface area (Å²) < 4.78 is 24.1. The van der Waals surface area contributed by atoms with Crippen LogP contribution in [0.3, 0.4) is 0 Å². The van der Waals surface area contributed by atoms with E-state index in [2.05, 4.69) is 5.32 Å². The molecule has 14 heteroatoms. The van der Waals surface area contributed by atoms with E-state index in [1.54, 1.807) is 112 Å². The third-order valence-electron chi connectivity index (χ3n) is 14.0. The quantitative estimate of drug-likeness (QED) is 0.0914. The van der Waals surface area contributed by atoms with Crippen molar-refractivity contribution in [3.8, 4) is 0 Å². The number of esters is 3. The van der Waals surface area contributed by atoms with Crippen LogP contribution in [0.2, 0.25) is 0 Å². The number of rotatable bonds is 11. The molecule has 1 amide bonds. The lowest BCUT2D eigenvalue weighted by molar-refractivity contribution is -0.339. The molecule has 3 fully saturated rings. The van der Waals surface area contributed by atoms with Crippen LogP contribution in [0.4, 0.5) is 0 Å². The molecule has 4 N–H and O–H groups in total. The zero-order chi connectivity index (χ0) is 44.9. The number of ether oxygens (including phenoxy) is 4. The molecular formula is C48H53NO13. The van der Waals surface area contributed by atoms with Crippen LogP contribution in [0.15, 0.2) is 102 Å². The van der Waals surface area contributed by atoms with Gasteiger partial charge in [-0.1, -0.05) is 92.7 Å². The first kappa shape index (κ1) is 44.5. The van der Waals surface area contributed by atoms with Gasteiger partial charge in [-0.15, -0.1) is 0 Å². The fraction of sp³-hybridized carbons (Fsp3) is 0.458. The number of aliphatic hydroxyl groups is 3. The minimum absolute atomic E-state index is 0.0771. The first-order valence-electron chi connectivity index (χ1n) is 20.8. The maximum atomic E-state index is 15.5. The molecule has 2 saturated carbocycles. The second kappa shape index (κ2) is 16.6. The number of Topliss-reactive ketones (excluding diaryl/α,β-unsaturated/α-hetero) is 2. The Labute approximate surface area is 359 Å². The largest absolute Gasteiger partial charge is 0.456 e. The van der Waals surface area contributed by atoms with Gasteiger partial charge in [0.15, 0.2) is 29.4 Å². The van der Waals surface area contributed by atoms with Crippen LogP contribution in [-0.4, -0.2) is 99.0 Å². The van der Waals surface area contributed by atoms with Crippen molar-refractivity contribution in [2.75, 3.05) is 6.61 Å². The fourth-order valence-corrected chi connectivity index (χ4v) is 10.8. The van der Waals surface area contributed by atoms with E-state index < -0.39 is 119 Å². The van der Waals surface area contributed by atoms with Gasteiger partial charge in [0.05, 0.1) is 29.8 Å². The molecule has 3 aliphatic carbocycles. The Hall–Kier alpha value is -5.54. The Bertz CT molecular complexity index is 2280. The third-order valence-corrected chi connectivity index (χ3v) is 14.0. The van der Waals surface area contributed by atoms with Crippen molar-refractivity contribution in [3.05, 3.63) is 119 Å². The van der Waals surface area contributed by atoms with Crippen LogP contribution in [0, 0.1) is 22.7 Å². The number of carbonyl (C=O) groups excluding carboxylic acids is 6. The van der Waals surface area contributed by atoms with Crippen LogP contribution >= 0.6 is 0 Å². The standard InChI is InChI=1S/C48H53NO13/c1-26-34(61-44(57)39(54)38(30-18-12-8-13-19-30)49-43(56)31-20-14-9-15-21-31)24-48(58)32(22-33(52)29-16-10-7-11-17-29)41-46(6,35(53)23-36-47(41,25-59-36)62-28(3)51)42(55)40(60-27(2)50)37(26)45(48,4)5/h7-21,32,34-36,38-41,53-54,58H,22-25H2,1-6H3,(H,49,56)/t32-,34-,35-,36+,38-,39+,40?,41?,46+,47-,48+/m0/s1. The highest BCUT2D eigenvalue weighted by Crippen LogP contribution is 2.66. The highest BCUT2D eigenvalue weighted by molar-refractivity contribution is 5.98. The van der Waals surface area contributed by atoms with Gasteiger partial charge in [-0.3, -0.25) is 24.0 Å². The number of benzene rings is 3. The normalized spacial score (nSPS) is 31.9. The summed E-state index contributed by atoms with van der Waals surface area (Å²) in [5.74, 6) is -7.22. The minimum Gasteiger partial charge on any atom is -0.456 e. The average molecular weight is 852 g/mol. The Morgan fingerprint density at radius 2 is 1.44 bits per heavy atom. The van der Waals surface area contributed by atoms with Gasteiger partial charge in [-0.05, 0) is 42.7 Å². The van der Waals surface area contributed by atoms with Crippen LogP contribution in [0.1, 0.15) is 93.1 Å². The molecule has 4 aliphatic rings. The Morgan fingerprint density at radius 1 is 0.855 bits per heavy atom. The van der Waals surface area contributed by atoms with Gasteiger partial charge >= 0.3 is 17.9 Å². The van der Waals surface area contributed by atoms with Gasteiger partial charge in [0, 0.05) is 61.5 Å². The summed E-state index contributed by atoms with van der Waals surface area (Å²) in [6.07, 6.45) is -8.61. The van der Waals surface area contributed by atoms with E-state index in [0.717, 1.165) is 6.92 Å². The number of nitrogens with one attached hydrogen (secondary N) is 1. The molecule has 3 aromatic carbocycles. The van der Waals surface area contributed by atoms with Crippen molar-refractivity contribution in [2.24, 2.45) is 22.7 Å². The summed E-state index contributed by atoms with van der Waals surface area (Å²) in [5.41, 5.74) is -6.03. The zero-order valence-electron chi connectivity index (χ0n) is 35.5. The Kier molecular flexibility index (Phi) is 11.9. The molecule has 1 saturated heterocycles. The lowest BCUT2D eigenvalue weighted by Gasteiger charge is -2.68. The fourth-order valence-electron chi connectivity index (χ4n) is 10.8. The van der Waals surface area contributed by atoms with E-state index in [1.807, 2.05) is 0 Å². The molecule has 2 unspecified atom stereocenters. The summed E-state index contributed by atoms with van der Waals surface area (Å²) in [6, 6.07) is 23.6. The summed E-state index contributed by atoms with van der Waals surface area (Å²) in [5, 5.41) is 40.5. The van der Waals surface area contributed by atoms with E-state index in [9.17, 15) is 39.3 Å². The topological polar surface area (TPSA) is 212 Å². The first-order valence-corrected chi connectivity index (χ1v) is 20.8. The molecule has 14 nitrogen and oxygen atoms in total. The Morgan fingerprint density at radius 3 is 1.98 bits per heavy atom. The minimum atomic E-state index is -2.17. The molecule has 0 radical (unpaired) electrons. The second-order valence-corrected chi connectivity index (χ2v) is 17.8. The van der Waals surface area contributed by atoms with Crippen LogP contribution in [0.5, 0.6) is 0 Å². The van der Waals surface area contributed by atoms with Gasteiger partial charge in [-0.25, -0.2) is 4.79 Å². The van der Waals surface area contributed by atoms with E-state index in [4.69, 9.17) is 18.9 Å². The van der Waals surface area contributed by atoms with E-state index in [0.29, 0.717) is 11.1 Å². The van der Waals surface area contributed by atoms with Crippen molar-refractivity contribution in [1.29, 1.82) is 0 Å². The van der Waals surface area contributed by atoms with Gasteiger partial charge < -0.3 is 39.6 Å². The number of fused-ring (bicyclic) bond motifs is 5. The van der Waals surface area contributed by atoms with Crippen molar-refractivity contribution in [1.82, 2.24) is 5.32 Å². The first-order chi connectivity index (χ1) is 29.3. The molecular weight excluding hydrogens is 799 g/mol. The molecule has 62 heavy (non-hydrogen) atoms. The summed E-state index contributed by atoms with van der Waals surface area (Å²) in [6.45, 7) is 8.40. The van der Waals surface area contributed by atoms with Crippen LogP contribution < -0.4 is 5.32 Å². The number of hydrogen-bond acceptors (Lipinski definition) is 13. The smallest absolute Gasteiger partial charge is 0.338 e. The molecule has 328 valence electrons. The second-order valence-electron chi connectivity index (χ2n) is 17.8. The maximum absolute atomic E-state index is 15.5. The number of carbonyl (C=O) groups is 6. The van der Waals surface area contributed by atoms with Gasteiger partial charge in [0.2, 0.25) is 0 Å². The molecule has 7 rings (SSSR count). The molecule has 1 heterocycles. The monoisotopic (exact) mass is 851 g/mol. The summed E-state index contributed by atoms with van der Waals surface area (Å²) in [7, 11) is 0. The van der Waals surface area contributed by atoms with Crippen molar-refractivity contribution < 1.29 is 63.0 Å². The summed E-state index contributed by atoms with van der Waals surface area (Å²) in [4.78, 5) is 83.8. The zero-order valence-corrected chi connectivity index (χ0v) is 35.5. The molecule has 0 spiro atoms. The highest BCUT2D eigenvalue weighted by Gasteiger charge is 2.77. The lowest BCUT2D eigenvalue weighted by Crippen LogP contribution is -2.80. The average Bonchev–Trinajstić information content (AvgIpc) is 3.24. The number of hydrogen-bond donors (Lipinski definition) is 4. The SMILES string of the molecule is CC(=O)OC1C(=O)[C@@]2(C)C([C@H](CC(=O)c3ccccc3)[C@]3(O)C[C@H](OC(=O)[C@H](O)[C@@H](NC(=O)c4ccccc4)c4ccccc4)C(C)=C1C3(C)C)[C@]1(OC(C)=O)CO[C@@H]1C[C@@H]2O. The molecule has 0 aromatic heterocycles.